The van der Waals surface area contributed by atoms with Crippen LogP contribution in [0.25, 0.3) is 10.9 Å². The van der Waals surface area contributed by atoms with E-state index in [1.807, 2.05) is 0 Å². The lowest BCUT2D eigenvalue weighted by molar-refractivity contribution is 0.0410. The van der Waals surface area contributed by atoms with Crippen LogP contribution >= 0.6 is 11.8 Å². The van der Waals surface area contributed by atoms with E-state index < -0.39 is 5.82 Å². The maximum atomic E-state index is 13.7. The predicted octanol–water partition coefficient (Wildman–Crippen LogP) is 2.20. The Bertz CT molecular complexity index is 650. The van der Waals surface area contributed by atoms with Gasteiger partial charge in [0, 0.05) is 36.8 Å². The summed E-state index contributed by atoms with van der Waals surface area (Å²) in [4.78, 5) is 10.8. The van der Waals surface area contributed by atoms with Crippen molar-refractivity contribution >= 4 is 22.7 Å². The molecule has 5 nitrogen and oxygen atoms in total. The smallest absolute Gasteiger partial charge is 0.167 e. The summed E-state index contributed by atoms with van der Waals surface area (Å²) < 4.78 is 24.1. The van der Waals surface area contributed by atoms with Crippen LogP contribution in [0.15, 0.2) is 23.5 Å². The molecule has 0 saturated carbocycles. The fraction of sp³-hybridized carbons (Fsp3) is 0.467. The zero-order valence-electron chi connectivity index (χ0n) is 12.4. The lowest BCUT2D eigenvalue weighted by atomic mass is 10.2. The standard InChI is InChI=1S/C15H18FN3O2S/c1-20-14-8-11-13(9-12(14)16)17-10-18-15(11)22-7-4-19-2-5-21-6-3-19/h8-10H,2-7H2,1H3. The number of hydrogen-bond acceptors (Lipinski definition) is 6. The number of morpholine rings is 1. The molecule has 0 N–H and O–H groups in total. The van der Waals surface area contributed by atoms with Gasteiger partial charge in [-0.25, -0.2) is 14.4 Å². The number of methoxy groups -OCH3 is 1. The van der Waals surface area contributed by atoms with Crippen LogP contribution in [0.4, 0.5) is 4.39 Å². The topological polar surface area (TPSA) is 47.5 Å². The molecule has 7 heteroatoms. The first-order valence-corrected chi connectivity index (χ1v) is 8.17. The first-order chi connectivity index (χ1) is 10.8. The summed E-state index contributed by atoms with van der Waals surface area (Å²) in [6, 6.07) is 3.06. The van der Waals surface area contributed by atoms with Gasteiger partial charge in [0.2, 0.25) is 0 Å². The molecular formula is C15H18FN3O2S. The van der Waals surface area contributed by atoms with E-state index >= 15 is 0 Å². The van der Waals surface area contributed by atoms with E-state index in [0.29, 0.717) is 5.52 Å². The minimum atomic E-state index is -0.405. The van der Waals surface area contributed by atoms with Crippen LogP contribution < -0.4 is 4.74 Å². The van der Waals surface area contributed by atoms with Crippen LogP contribution in [0, 0.1) is 5.82 Å². The van der Waals surface area contributed by atoms with Gasteiger partial charge in [-0.1, -0.05) is 0 Å². The van der Waals surface area contributed by atoms with Gasteiger partial charge in [-0.15, -0.1) is 11.8 Å². The van der Waals surface area contributed by atoms with Gasteiger partial charge in [-0.3, -0.25) is 4.90 Å². The molecule has 0 unspecified atom stereocenters. The zero-order chi connectivity index (χ0) is 15.4. The van der Waals surface area contributed by atoms with Crippen molar-refractivity contribution < 1.29 is 13.9 Å². The summed E-state index contributed by atoms with van der Waals surface area (Å²) in [6.45, 7) is 4.54. The average Bonchev–Trinajstić information content (AvgIpc) is 2.55. The van der Waals surface area contributed by atoms with E-state index in [4.69, 9.17) is 9.47 Å². The Hall–Kier alpha value is -1.44. The van der Waals surface area contributed by atoms with Gasteiger partial charge in [-0.2, -0.15) is 0 Å². The summed E-state index contributed by atoms with van der Waals surface area (Å²) >= 11 is 1.66. The fourth-order valence-corrected chi connectivity index (χ4v) is 3.39. The monoisotopic (exact) mass is 323 g/mol. The molecule has 1 aliphatic rings. The van der Waals surface area contributed by atoms with Crippen molar-refractivity contribution in [3.05, 3.63) is 24.3 Å². The molecule has 1 fully saturated rings. The van der Waals surface area contributed by atoms with Gasteiger partial charge in [0.15, 0.2) is 11.6 Å². The number of rotatable bonds is 5. The second-order valence-electron chi connectivity index (χ2n) is 4.99. The molecule has 2 aromatic rings. The van der Waals surface area contributed by atoms with Crippen LogP contribution in [-0.2, 0) is 4.74 Å². The van der Waals surface area contributed by atoms with Gasteiger partial charge >= 0.3 is 0 Å². The van der Waals surface area contributed by atoms with Crippen molar-refractivity contribution in [1.29, 1.82) is 0 Å². The third kappa shape index (κ3) is 3.48. The van der Waals surface area contributed by atoms with Gasteiger partial charge in [0.25, 0.3) is 0 Å². The normalized spacial score (nSPS) is 16.1. The summed E-state index contributed by atoms with van der Waals surface area (Å²) in [5, 5.41) is 1.68. The molecule has 1 aromatic heterocycles. The number of fused-ring (bicyclic) bond motifs is 1. The minimum Gasteiger partial charge on any atom is -0.494 e. The Balaban J connectivity index is 1.72. The van der Waals surface area contributed by atoms with Crippen LogP contribution in [-0.4, -0.2) is 60.6 Å². The maximum Gasteiger partial charge on any atom is 0.167 e. The molecule has 2 heterocycles. The summed E-state index contributed by atoms with van der Waals surface area (Å²) in [6.07, 6.45) is 1.48. The van der Waals surface area contributed by atoms with Crippen LogP contribution in [0.5, 0.6) is 5.75 Å². The van der Waals surface area contributed by atoms with E-state index in [2.05, 4.69) is 14.9 Å². The Morgan fingerprint density at radius 2 is 2.14 bits per heavy atom. The summed E-state index contributed by atoms with van der Waals surface area (Å²) in [7, 11) is 1.46. The summed E-state index contributed by atoms with van der Waals surface area (Å²) in [5.74, 6) is 0.738. The number of benzene rings is 1. The highest BCUT2D eigenvalue weighted by Gasteiger charge is 2.13. The fourth-order valence-electron chi connectivity index (χ4n) is 2.40. The van der Waals surface area contributed by atoms with Crippen molar-refractivity contribution in [3.8, 4) is 5.75 Å². The first kappa shape index (κ1) is 15.5. The predicted molar refractivity (Wildman–Crippen MR) is 84.0 cm³/mol. The van der Waals surface area contributed by atoms with E-state index in [9.17, 15) is 4.39 Å². The van der Waals surface area contributed by atoms with Crippen molar-refractivity contribution in [2.45, 2.75) is 5.03 Å². The van der Waals surface area contributed by atoms with Crippen molar-refractivity contribution in [3.63, 3.8) is 0 Å². The SMILES string of the molecule is COc1cc2c(SCCN3CCOCC3)ncnc2cc1F. The maximum absolute atomic E-state index is 13.7. The third-order valence-electron chi connectivity index (χ3n) is 3.62. The lowest BCUT2D eigenvalue weighted by Gasteiger charge is -2.26. The number of thioether (sulfide) groups is 1. The molecule has 0 radical (unpaired) electrons. The van der Waals surface area contributed by atoms with Crippen molar-refractivity contribution in [2.75, 3.05) is 45.7 Å². The Morgan fingerprint density at radius 1 is 1.32 bits per heavy atom. The Kier molecular flexibility index (Phi) is 5.07. The molecule has 118 valence electrons. The lowest BCUT2D eigenvalue weighted by Crippen LogP contribution is -2.37. The highest BCUT2D eigenvalue weighted by Crippen LogP contribution is 2.29. The molecule has 0 bridgehead atoms. The molecule has 1 saturated heterocycles. The highest BCUT2D eigenvalue weighted by molar-refractivity contribution is 7.99. The molecule has 0 spiro atoms. The molecule has 0 aliphatic carbocycles. The van der Waals surface area contributed by atoms with E-state index in [-0.39, 0.29) is 5.75 Å². The van der Waals surface area contributed by atoms with Gasteiger partial charge in [0.05, 0.1) is 25.8 Å². The van der Waals surface area contributed by atoms with Gasteiger partial charge < -0.3 is 9.47 Å². The van der Waals surface area contributed by atoms with Gasteiger partial charge in [0.1, 0.15) is 11.4 Å². The highest BCUT2D eigenvalue weighted by atomic mass is 32.2. The number of nitrogens with zero attached hydrogens (tertiary/aromatic N) is 3. The zero-order valence-corrected chi connectivity index (χ0v) is 13.2. The van der Waals surface area contributed by atoms with Crippen molar-refractivity contribution in [1.82, 2.24) is 14.9 Å². The number of aromatic nitrogens is 2. The molecule has 3 rings (SSSR count). The number of hydrogen-bond donors (Lipinski definition) is 0. The van der Waals surface area contributed by atoms with Crippen LogP contribution in [0.1, 0.15) is 0 Å². The quantitative estimate of drug-likeness (QED) is 0.621. The average molecular weight is 323 g/mol. The van der Waals surface area contributed by atoms with Crippen LogP contribution in [0.3, 0.4) is 0 Å². The molecule has 22 heavy (non-hydrogen) atoms. The first-order valence-electron chi connectivity index (χ1n) is 7.19. The minimum absolute atomic E-state index is 0.220. The largest absolute Gasteiger partial charge is 0.494 e. The Morgan fingerprint density at radius 3 is 2.91 bits per heavy atom. The second-order valence-corrected chi connectivity index (χ2v) is 6.07. The third-order valence-corrected chi connectivity index (χ3v) is 4.61. The second kappa shape index (κ2) is 7.21. The summed E-state index contributed by atoms with van der Waals surface area (Å²) in [5.41, 5.74) is 0.599. The van der Waals surface area contributed by atoms with Crippen LogP contribution in [0.2, 0.25) is 0 Å². The molecular weight excluding hydrogens is 305 g/mol. The number of halogens is 1. The molecule has 0 atom stereocenters. The van der Waals surface area contributed by atoms with E-state index in [1.165, 1.54) is 19.5 Å². The Labute approximate surface area is 132 Å². The van der Waals surface area contributed by atoms with E-state index in [1.54, 1.807) is 17.8 Å². The molecule has 1 aromatic carbocycles. The van der Waals surface area contributed by atoms with Crippen molar-refractivity contribution in [2.24, 2.45) is 0 Å². The molecule has 1 aliphatic heterocycles. The van der Waals surface area contributed by atoms with E-state index in [0.717, 1.165) is 49.0 Å². The van der Waals surface area contributed by atoms with Gasteiger partial charge in [-0.05, 0) is 6.07 Å². The molecule has 0 amide bonds. The number of ether oxygens (including phenoxy) is 2.